The van der Waals surface area contributed by atoms with Gasteiger partial charge in [0, 0.05) is 38.9 Å². The molecule has 2 saturated heterocycles. The van der Waals surface area contributed by atoms with Crippen molar-refractivity contribution in [1.29, 1.82) is 5.26 Å². The number of nitrogens with zero attached hydrogens (tertiary/aromatic N) is 6. The maximum absolute atomic E-state index is 14.0. The molecule has 0 saturated carbocycles. The molecule has 7 rings (SSSR count). The minimum absolute atomic E-state index is 0.00247. The van der Waals surface area contributed by atoms with Crippen molar-refractivity contribution in [2.75, 3.05) is 36.2 Å². The monoisotopic (exact) mass is 1010 g/mol. The first-order valence-corrected chi connectivity index (χ1v) is 23.8. The van der Waals surface area contributed by atoms with E-state index in [2.05, 4.69) is 15.6 Å². The second-order valence-corrected chi connectivity index (χ2v) is 19.8. The molecule has 0 unspecified atom stereocenters. The van der Waals surface area contributed by atoms with E-state index in [4.69, 9.17) is 21.7 Å². The molecule has 2 aliphatic rings. The Hall–Kier alpha value is -7.14. The molecule has 3 atom stereocenters. The molecular formula is C53H57F3N8O7S. The lowest BCUT2D eigenvalue weighted by molar-refractivity contribution is -0.144. The number of unbranched alkanes of at least 4 members (excludes halogenated alkanes) is 1. The van der Waals surface area contributed by atoms with E-state index in [9.17, 15) is 42.7 Å². The molecule has 72 heavy (non-hydrogen) atoms. The summed E-state index contributed by atoms with van der Waals surface area (Å²) in [6.45, 7) is 9.30. The number of nitriles is 1. The second kappa shape index (κ2) is 21.7. The van der Waals surface area contributed by atoms with Crippen LogP contribution in [0.5, 0.6) is 5.75 Å². The Morgan fingerprint density at radius 1 is 0.931 bits per heavy atom. The number of alkyl halides is 3. The van der Waals surface area contributed by atoms with Crippen LogP contribution in [-0.2, 0) is 43.7 Å². The Morgan fingerprint density at radius 2 is 1.56 bits per heavy atom. The second-order valence-electron chi connectivity index (χ2n) is 19.4. The topological polar surface area (TPSA) is 182 Å². The summed E-state index contributed by atoms with van der Waals surface area (Å²) in [7, 11) is 1.91. The quantitative estimate of drug-likeness (QED) is 0.0618. The number of carbonyl (C=O) groups excluding carboxylic acids is 4. The molecule has 5 aromatic rings. The number of ether oxygens (including phenoxy) is 2. The van der Waals surface area contributed by atoms with Crippen LogP contribution in [0.25, 0.3) is 22.4 Å². The lowest BCUT2D eigenvalue weighted by Crippen LogP contribution is -2.58. The highest BCUT2D eigenvalue weighted by atomic mass is 32.1. The number of imidazole rings is 1. The van der Waals surface area contributed by atoms with Crippen molar-refractivity contribution in [3.63, 3.8) is 0 Å². The smallest absolute Gasteiger partial charge is 0.417 e. The van der Waals surface area contributed by atoms with Gasteiger partial charge < -0.3 is 39.6 Å². The summed E-state index contributed by atoms with van der Waals surface area (Å²) < 4.78 is 54.8. The number of aliphatic hydroxyl groups excluding tert-OH is 1. The molecule has 19 heteroatoms. The van der Waals surface area contributed by atoms with Gasteiger partial charge in [0.15, 0.2) is 5.11 Å². The summed E-state index contributed by atoms with van der Waals surface area (Å²) in [6, 6.07) is 25.2. The van der Waals surface area contributed by atoms with Crippen molar-refractivity contribution >= 4 is 52.3 Å². The average molecular weight is 1010 g/mol. The molecule has 378 valence electrons. The van der Waals surface area contributed by atoms with Crippen molar-refractivity contribution in [2.45, 2.75) is 90.3 Å². The number of rotatable bonds is 17. The van der Waals surface area contributed by atoms with E-state index in [-0.39, 0.29) is 43.5 Å². The Bertz CT molecular complexity index is 2840. The van der Waals surface area contributed by atoms with Gasteiger partial charge in [0.2, 0.25) is 17.7 Å². The van der Waals surface area contributed by atoms with Gasteiger partial charge in [-0.2, -0.15) is 18.4 Å². The van der Waals surface area contributed by atoms with Gasteiger partial charge in [0.1, 0.15) is 30.0 Å². The fourth-order valence-electron chi connectivity index (χ4n) is 8.73. The number of aryl methyl sites for hydroxylation is 1. The van der Waals surface area contributed by atoms with Crippen LogP contribution in [0, 0.1) is 16.7 Å². The van der Waals surface area contributed by atoms with Crippen molar-refractivity contribution in [3.8, 4) is 34.2 Å². The molecular weight excluding hydrogens is 950 g/mol. The summed E-state index contributed by atoms with van der Waals surface area (Å²) >= 11 is 5.67. The zero-order valence-corrected chi connectivity index (χ0v) is 41.6. The van der Waals surface area contributed by atoms with E-state index in [1.807, 2.05) is 93.0 Å². The van der Waals surface area contributed by atoms with Gasteiger partial charge in [0.05, 0.1) is 53.8 Å². The number of β-amino-alcohol motifs (C(OH)–C–C–N with tert-alkyl or cyclic N) is 1. The van der Waals surface area contributed by atoms with Crippen LogP contribution >= 0.6 is 12.2 Å². The van der Waals surface area contributed by atoms with Gasteiger partial charge in [-0.1, -0.05) is 69.3 Å². The lowest BCUT2D eigenvalue weighted by Gasteiger charge is -2.35. The van der Waals surface area contributed by atoms with E-state index >= 15 is 0 Å². The van der Waals surface area contributed by atoms with Gasteiger partial charge in [-0.15, -0.1) is 0 Å². The molecule has 1 aromatic heterocycles. The highest BCUT2D eigenvalue weighted by Crippen LogP contribution is 2.40. The van der Waals surface area contributed by atoms with Gasteiger partial charge in [0.25, 0.3) is 5.91 Å². The van der Waals surface area contributed by atoms with E-state index < -0.39 is 70.1 Å². The Morgan fingerprint density at radius 3 is 2.17 bits per heavy atom. The van der Waals surface area contributed by atoms with E-state index in [1.165, 1.54) is 11.0 Å². The van der Waals surface area contributed by atoms with Crippen molar-refractivity contribution < 1.29 is 46.9 Å². The maximum atomic E-state index is 14.0. The summed E-state index contributed by atoms with van der Waals surface area (Å²) in [6.07, 6.45) is -0.902. The molecule has 4 amide bonds. The van der Waals surface area contributed by atoms with E-state index in [1.54, 1.807) is 49.5 Å². The molecule has 3 N–H and O–H groups in total. The largest absolute Gasteiger partial charge is 0.494 e. The molecule has 0 bridgehead atoms. The summed E-state index contributed by atoms with van der Waals surface area (Å²) in [5.74, 6) is -1.22. The molecule has 15 nitrogen and oxygen atoms in total. The number of amides is 4. The van der Waals surface area contributed by atoms with Gasteiger partial charge in [-0.3, -0.25) is 24.1 Å². The number of carbonyl (C=O) groups is 4. The normalized spacial score (nSPS) is 17.2. The molecule has 2 fully saturated rings. The van der Waals surface area contributed by atoms with Crippen molar-refractivity contribution in [3.05, 3.63) is 120 Å². The number of thiocarbonyl (C=S) groups is 1. The highest BCUT2D eigenvalue weighted by molar-refractivity contribution is 7.81. The van der Waals surface area contributed by atoms with Crippen molar-refractivity contribution in [2.24, 2.45) is 12.5 Å². The average Bonchev–Trinajstić information content (AvgIpc) is 4.01. The van der Waals surface area contributed by atoms with Crippen LogP contribution in [0.2, 0.25) is 0 Å². The Labute approximate surface area is 421 Å². The van der Waals surface area contributed by atoms with E-state index in [0.29, 0.717) is 30.9 Å². The molecule has 2 aliphatic heterocycles. The standard InChI is InChI=1S/C53H57F3N8O7S/c1-51(2,3)46(48(68)62-30-40(65)26-43(62)47(67)59-28-33-9-11-36(12-10-33)44-29-58-32-61(44)6)60-45(66)31-70-23-7-8-24-71-41-21-16-35(17-22-41)34-13-18-38(19-14-34)64-50(72)63(49(69)52(64,4)5)39-20-15-37(27-57)42(25-39)53(54,55)56/h9-22,25,29,32,40,43,46,65H,7-8,23-24,26,28,30-31H2,1-6H3,(H,59,67)(H,60,66)/t40-,43+,46-/m1/s1. The highest BCUT2D eigenvalue weighted by Gasteiger charge is 2.51. The molecule has 0 radical (unpaired) electrons. The minimum atomic E-state index is -4.81. The number of hydrogen-bond donors (Lipinski definition) is 3. The Balaban J connectivity index is 0.841. The number of halogens is 3. The van der Waals surface area contributed by atoms with Gasteiger partial charge in [-0.05, 0) is 109 Å². The maximum Gasteiger partial charge on any atom is 0.417 e. The van der Waals surface area contributed by atoms with Gasteiger partial charge >= 0.3 is 6.18 Å². The number of aromatic nitrogens is 2. The lowest BCUT2D eigenvalue weighted by atomic mass is 9.85. The van der Waals surface area contributed by atoms with Crippen LogP contribution in [0.3, 0.4) is 0 Å². The summed E-state index contributed by atoms with van der Waals surface area (Å²) in [4.78, 5) is 62.3. The van der Waals surface area contributed by atoms with Crippen LogP contribution < -0.4 is 25.2 Å². The van der Waals surface area contributed by atoms with E-state index in [0.717, 1.165) is 45.0 Å². The number of aliphatic hydroxyl groups is 1. The number of nitrogens with one attached hydrogen (secondary N) is 2. The molecule has 0 spiro atoms. The van der Waals surface area contributed by atoms with Crippen LogP contribution in [0.4, 0.5) is 24.5 Å². The minimum Gasteiger partial charge on any atom is -0.494 e. The first-order chi connectivity index (χ1) is 34.1. The zero-order chi connectivity index (χ0) is 52.1. The predicted molar refractivity (Wildman–Crippen MR) is 268 cm³/mol. The number of hydrogen-bond acceptors (Lipinski definition) is 10. The first kappa shape index (κ1) is 52.7. The molecule has 4 aromatic carbocycles. The van der Waals surface area contributed by atoms with Crippen LogP contribution in [0.15, 0.2) is 104 Å². The first-order valence-electron chi connectivity index (χ1n) is 23.4. The molecule has 3 heterocycles. The Kier molecular flexibility index (Phi) is 15.9. The number of likely N-dealkylation sites (tertiary alicyclic amines) is 1. The summed E-state index contributed by atoms with van der Waals surface area (Å²) in [5.41, 5.74) is 1.36. The van der Waals surface area contributed by atoms with Crippen molar-refractivity contribution in [1.82, 2.24) is 25.1 Å². The third-order valence-electron chi connectivity index (χ3n) is 12.7. The van der Waals surface area contributed by atoms with Crippen LogP contribution in [-0.4, -0.2) is 98.4 Å². The number of anilines is 2. The fraction of sp³-hybridized carbons (Fsp3) is 0.377. The third kappa shape index (κ3) is 11.8. The summed E-state index contributed by atoms with van der Waals surface area (Å²) in [5, 5.41) is 25.5. The number of benzene rings is 4. The van der Waals surface area contributed by atoms with Crippen LogP contribution in [0.1, 0.15) is 70.6 Å². The fourth-order valence-corrected chi connectivity index (χ4v) is 9.25. The zero-order valence-electron chi connectivity index (χ0n) is 40.8. The predicted octanol–water partition coefficient (Wildman–Crippen LogP) is 7.55. The molecule has 0 aliphatic carbocycles. The van der Waals surface area contributed by atoms with Gasteiger partial charge in [-0.25, -0.2) is 4.98 Å². The SMILES string of the molecule is Cn1cncc1-c1ccc(CNC(=O)[C@@H]2C[C@@H](O)CN2C(=O)[C@@H](NC(=O)COCCCCOc2ccc(-c3ccc(N4C(=S)N(c5ccc(C#N)c(C(F)(F)F)c5)C(=O)C4(C)C)cc3)cc2)C(C)(C)C)cc1. The third-order valence-corrected chi connectivity index (χ3v) is 13.0.